The topological polar surface area (TPSA) is 81.6 Å². The quantitative estimate of drug-likeness (QED) is 0.708. The minimum Gasteiger partial charge on any atom is -0.383 e. The molecule has 1 rings (SSSR count). The van der Waals surface area contributed by atoms with Crippen molar-refractivity contribution in [3.8, 4) is 0 Å². The highest BCUT2D eigenvalue weighted by molar-refractivity contribution is 5.85. The molecule has 1 unspecified atom stereocenters. The first-order valence-electron chi connectivity index (χ1n) is 6.32. The third-order valence-electron chi connectivity index (χ3n) is 3.29. The summed E-state index contributed by atoms with van der Waals surface area (Å²) in [6.07, 6.45) is 0.479. The summed E-state index contributed by atoms with van der Waals surface area (Å²) in [5.74, 6) is -0.501. The maximum absolute atomic E-state index is 11.7. The number of carbonyl (C=O) groups is 1. The van der Waals surface area contributed by atoms with Gasteiger partial charge in [-0.1, -0.05) is 30.3 Å². The highest BCUT2D eigenvalue weighted by atomic mass is 16.5. The number of benzene rings is 1. The first-order valence-corrected chi connectivity index (χ1v) is 6.32. The Balaban J connectivity index is 2.71. The lowest BCUT2D eigenvalue weighted by molar-refractivity contribution is -0.123. The van der Waals surface area contributed by atoms with Crippen LogP contribution in [0.15, 0.2) is 30.3 Å². The molecule has 19 heavy (non-hydrogen) atoms. The number of primary amides is 1. The molecule has 0 aliphatic rings. The van der Waals surface area contributed by atoms with Crippen molar-refractivity contribution in [3.05, 3.63) is 35.9 Å². The molecule has 106 valence electrons. The number of methoxy groups -OCH3 is 1. The number of likely N-dealkylation sites (N-methyl/N-ethyl adjacent to an activating group) is 1. The molecule has 0 spiro atoms. The van der Waals surface area contributed by atoms with Gasteiger partial charge in [-0.15, -0.1) is 0 Å². The number of nitrogens with zero attached hydrogens (tertiary/aromatic N) is 1. The van der Waals surface area contributed by atoms with Crippen molar-refractivity contribution in [2.45, 2.75) is 12.0 Å². The zero-order chi connectivity index (χ0) is 14.3. The molecule has 1 amide bonds. The fourth-order valence-corrected chi connectivity index (χ4v) is 1.87. The summed E-state index contributed by atoms with van der Waals surface area (Å²) in [7, 11) is 3.62. The fourth-order valence-electron chi connectivity index (χ4n) is 1.87. The minimum atomic E-state index is -1.12. The van der Waals surface area contributed by atoms with Crippen LogP contribution in [0.25, 0.3) is 0 Å². The summed E-state index contributed by atoms with van der Waals surface area (Å²) in [6, 6.07) is 9.26. The monoisotopic (exact) mass is 265 g/mol. The lowest BCUT2D eigenvalue weighted by atomic mass is 9.87. The Bertz CT molecular complexity index is 397. The van der Waals surface area contributed by atoms with Crippen molar-refractivity contribution in [1.82, 2.24) is 4.90 Å². The summed E-state index contributed by atoms with van der Waals surface area (Å²) in [6.45, 7) is 2.12. The molecule has 0 aromatic heterocycles. The van der Waals surface area contributed by atoms with Crippen molar-refractivity contribution in [2.24, 2.45) is 11.5 Å². The number of hydrogen-bond acceptors (Lipinski definition) is 4. The molecule has 0 bridgehead atoms. The van der Waals surface area contributed by atoms with Gasteiger partial charge in [0, 0.05) is 20.2 Å². The third kappa shape index (κ3) is 4.31. The van der Waals surface area contributed by atoms with Gasteiger partial charge in [0.25, 0.3) is 0 Å². The predicted octanol–water partition coefficient (Wildman–Crippen LogP) is 0.294. The Kier molecular flexibility index (Phi) is 5.95. The van der Waals surface area contributed by atoms with E-state index in [1.54, 1.807) is 7.11 Å². The van der Waals surface area contributed by atoms with E-state index in [1.165, 1.54) is 0 Å². The van der Waals surface area contributed by atoms with E-state index in [0.717, 1.165) is 12.1 Å². The second-order valence-electron chi connectivity index (χ2n) is 4.75. The predicted molar refractivity (Wildman–Crippen MR) is 75.5 cm³/mol. The van der Waals surface area contributed by atoms with Crippen LogP contribution in [0, 0.1) is 0 Å². The van der Waals surface area contributed by atoms with Gasteiger partial charge >= 0.3 is 0 Å². The van der Waals surface area contributed by atoms with Gasteiger partial charge in [-0.2, -0.15) is 0 Å². The average molecular weight is 265 g/mol. The van der Waals surface area contributed by atoms with Crippen LogP contribution in [0.5, 0.6) is 0 Å². The molecule has 0 heterocycles. The first-order chi connectivity index (χ1) is 9.00. The summed E-state index contributed by atoms with van der Waals surface area (Å²) in [5, 5.41) is 0. The van der Waals surface area contributed by atoms with E-state index < -0.39 is 11.4 Å². The lowest BCUT2D eigenvalue weighted by Crippen LogP contribution is -2.50. The van der Waals surface area contributed by atoms with Gasteiger partial charge in [-0.3, -0.25) is 4.79 Å². The maximum Gasteiger partial charge on any atom is 0.242 e. The maximum atomic E-state index is 11.7. The molecule has 5 nitrogen and oxygen atoms in total. The Labute approximate surface area is 114 Å². The Morgan fingerprint density at radius 1 is 1.32 bits per heavy atom. The highest BCUT2D eigenvalue weighted by Gasteiger charge is 2.33. The number of carbonyl (C=O) groups excluding carboxylic acids is 1. The molecule has 1 aromatic rings. The lowest BCUT2D eigenvalue weighted by Gasteiger charge is -2.28. The van der Waals surface area contributed by atoms with E-state index in [-0.39, 0.29) is 0 Å². The number of ether oxygens (including phenoxy) is 1. The molecular weight excluding hydrogens is 242 g/mol. The first kappa shape index (κ1) is 15.6. The van der Waals surface area contributed by atoms with E-state index in [0.29, 0.717) is 19.6 Å². The van der Waals surface area contributed by atoms with Gasteiger partial charge in [-0.05, 0) is 19.0 Å². The van der Waals surface area contributed by atoms with Crippen LogP contribution in [0.1, 0.15) is 12.0 Å². The third-order valence-corrected chi connectivity index (χ3v) is 3.29. The number of hydrogen-bond donors (Lipinski definition) is 2. The molecule has 5 heteroatoms. The second-order valence-corrected chi connectivity index (χ2v) is 4.75. The van der Waals surface area contributed by atoms with E-state index in [9.17, 15) is 4.79 Å². The van der Waals surface area contributed by atoms with Gasteiger partial charge in [-0.25, -0.2) is 0 Å². The van der Waals surface area contributed by atoms with Gasteiger partial charge < -0.3 is 21.1 Å². The van der Waals surface area contributed by atoms with Crippen LogP contribution in [-0.2, 0) is 15.1 Å². The minimum absolute atomic E-state index is 0.479. The molecule has 4 N–H and O–H groups in total. The molecular formula is C14H23N3O2. The SMILES string of the molecule is COCCN(C)CCC(N)(C(N)=O)c1ccccc1. The van der Waals surface area contributed by atoms with Crippen LogP contribution in [0.4, 0.5) is 0 Å². The summed E-state index contributed by atoms with van der Waals surface area (Å²) < 4.78 is 5.01. The molecule has 0 fully saturated rings. The van der Waals surface area contributed by atoms with Crippen LogP contribution in [-0.4, -0.2) is 44.7 Å². The van der Waals surface area contributed by atoms with Gasteiger partial charge in [0.05, 0.1) is 6.61 Å². The fraction of sp³-hybridized carbons (Fsp3) is 0.500. The van der Waals surface area contributed by atoms with Crippen molar-refractivity contribution in [3.63, 3.8) is 0 Å². The van der Waals surface area contributed by atoms with Crippen molar-refractivity contribution in [1.29, 1.82) is 0 Å². The Morgan fingerprint density at radius 2 is 1.95 bits per heavy atom. The standard InChI is InChI=1S/C14H23N3O2/c1-17(10-11-19-2)9-8-14(16,13(15)18)12-6-4-3-5-7-12/h3-7H,8-11,16H2,1-2H3,(H2,15,18). The zero-order valence-electron chi connectivity index (χ0n) is 11.6. The molecule has 0 radical (unpaired) electrons. The molecule has 0 aliphatic carbocycles. The van der Waals surface area contributed by atoms with Crippen LogP contribution < -0.4 is 11.5 Å². The largest absolute Gasteiger partial charge is 0.383 e. The van der Waals surface area contributed by atoms with Gasteiger partial charge in [0.15, 0.2) is 0 Å². The normalized spacial score (nSPS) is 14.3. The van der Waals surface area contributed by atoms with E-state index in [4.69, 9.17) is 16.2 Å². The molecule has 1 atom stereocenters. The molecule has 0 saturated carbocycles. The van der Waals surface area contributed by atoms with E-state index >= 15 is 0 Å². The zero-order valence-corrected chi connectivity index (χ0v) is 11.6. The van der Waals surface area contributed by atoms with E-state index in [1.807, 2.05) is 37.4 Å². The average Bonchev–Trinajstić information content (AvgIpc) is 2.43. The van der Waals surface area contributed by atoms with Gasteiger partial charge in [0.1, 0.15) is 5.54 Å². The van der Waals surface area contributed by atoms with Crippen molar-refractivity contribution in [2.75, 3.05) is 33.9 Å². The second kappa shape index (κ2) is 7.23. The smallest absolute Gasteiger partial charge is 0.242 e. The Morgan fingerprint density at radius 3 is 2.47 bits per heavy atom. The number of amides is 1. The summed E-state index contributed by atoms with van der Waals surface area (Å²) in [4.78, 5) is 13.8. The molecule has 0 saturated heterocycles. The Hall–Kier alpha value is -1.43. The van der Waals surface area contributed by atoms with E-state index in [2.05, 4.69) is 4.90 Å². The highest BCUT2D eigenvalue weighted by Crippen LogP contribution is 2.22. The summed E-state index contributed by atoms with van der Waals surface area (Å²) >= 11 is 0. The molecule has 1 aromatic carbocycles. The van der Waals surface area contributed by atoms with Crippen LogP contribution >= 0.6 is 0 Å². The van der Waals surface area contributed by atoms with Crippen molar-refractivity contribution < 1.29 is 9.53 Å². The number of nitrogens with two attached hydrogens (primary N) is 2. The molecule has 0 aliphatic heterocycles. The number of rotatable bonds is 8. The van der Waals surface area contributed by atoms with Crippen LogP contribution in [0.2, 0.25) is 0 Å². The van der Waals surface area contributed by atoms with Gasteiger partial charge in [0.2, 0.25) is 5.91 Å². The van der Waals surface area contributed by atoms with Crippen molar-refractivity contribution >= 4 is 5.91 Å². The summed E-state index contributed by atoms with van der Waals surface area (Å²) in [5.41, 5.74) is 11.3. The van der Waals surface area contributed by atoms with Crippen LogP contribution in [0.3, 0.4) is 0 Å².